The third-order valence-electron chi connectivity index (χ3n) is 3.05. The van der Waals surface area contributed by atoms with E-state index in [1.165, 1.54) is 38.5 Å². The molecule has 0 heterocycles. The monoisotopic (exact) mass is 168 g/mol. The number of rotatable bonds is 5. The Bertz CT molecular complexity index is 131. The molecule has 0 aromatic heterocycles. The Labute approximate surface area is 75.5 Å². The van der Waals surface area contributed by atoms with Gasteiger partial charge in [-0.2, -0.15) is 0 Å². The molecule has 2 atom stereocenters. The normalized spacial score (nSPS) is 29.1. The lowest BCUT2D eigenvalue weighted by Gasteiger charge is -2.07. The molecule has 1 aliphatic carbocycles. The lowest BCUT2D eigenvalue weighted by molar-refractivity contribution is -0.108. The van der Waals surface area contributed by atoms with E-state index in [0.29, 0.717) is 0 Å². The van der Waals surface area contributed by atoms with Crippen LogP contribution in [0.15, 0.2) is 0 Å². The fourth-order valence-corrected chi connectivity index (χ4v) is 2.28. The third kappa shape index (κ3) is 2.96. The average molecular weight is 168 g/mol. The van der Waals surface area contributed by atoms with E-state index in [-0.39, 0.29) is 0 Å². The van der Waals surface area contributed by atoms with Crippen LogP contribution in [-0.2, 0) is 4.79 Å². The van der Waals surface area contributed by atoms with Crippen LogP contribution in [0.5, 0.6) is 0 Å². The van der Waals surface area contributed by atoms with Crippen LogP contribution in [0.25, 0.3) is 0 Å². The van der Waals surface area contributed by atoms with Gasteiger partial charge in [-0.05, 0) is 24.7 Å². The number of carbonyl (C=O) groups is 1. The van der Waals surface area contributed by atoms with Crippen molar-refractivity contribution in [3.8, 4) is 0 Å². The van der Waals surface area contributed by atoms with Crippen molar-refractivity contribution in [2.45, 2.75) is 51.9 Å². The minimum Gasteiger partial charge on any atom is -0.303 e. The third-order valence-corrected chi connectivity index (χ3v) is 3.05. The Hall–Kier alpha value is -0.330. The fourth-order valence-electron chi connectivity index (χ4n) is 2.28. The average Bonchev–Trinajstić information content (AvgIpc) is 2.50. The zero-order valence-corrected chi connectivity index (χ0v) is 8.09. The molecule has 12 heavy (non-hydrogen) atoms. The summed E-state index contributed by atoms with van der Waals surface area (Å²) < 4.78 is 0. The predicted octanol–water partition coefficient (Wildman–Crippen LogP) is 3.18. The summed E-state index contributed by atoms with van der Waals surface area (Å²) in [5.41, 5.74) is 0. The molecule has 1 heteroatoms. The molecule has 70 valence electrons. The van der Waals surface area contributed by atoms with Crippen molar-refractivity contribution in [3.63, 3.8) is 0 Å². The van der Waals surface area contributed by atoms with Gasteiger partial charge in [0.25, 0.3) is 0 Å². The summed E-state index contributed by atoms with van der Waals surface area (Å²) in [6, 6.07) is 0. The Balaban J connectivity index is 2.12. The maximum absolute atomic E-state index is 10.3. The fraction of sp³-hybridized carbons (Fsp3) is 0.909. The van der Waals surface area contributed by atoms with Crippen molar-refractivity contribution in [3.05, 3.63) is 0 Å². The van der Waals surface area contributed by atoms with E-state index in [1.807, 2.05) is 0 Å². The molecule has 0 aromatic rings. The Morgan fingerprint density at radius 3 is 2.75 bits per heavy atom. The van der Waals surface area contributed by atoms with Crippen LogP contribution < -0.4 is 0 Å². The smallest absolute Gasteiger partial charge is 0.120 e. The van der Waals surface area contributed by atoms with Crippen LogP contribution in [-0.4, -0.2) is 6.29 Å². The van der Waals surface area contributed by atoms with Gasteiger partial charge in [0.15, 0.2) is 0 Å². The van der Waals surface area contributed by atoms with Gasteiger partial charge in [-0.25, -0.2) is 0 Å². The molecule has 1 fully saturated rings. The maximum Gasteiger partial charge on any atom is 0.120 e. The zero-order chi connectivity index (χ0) is 8.81. The van der Waals surface area contributed by atoms with Crippen molar-refractivity contribution in [1.29, 1.82) is 0 Å². The first-order valence-corrected chi connectivity index (χ1v) is 5.30. The van der Waals surface area contributed by atoms with Gasteiger partial charge in [-0.3, -0.25) is 0 Å². The van der Waals surface area contributed by atoms with Gasteiger partial charge >= 0.3 is 0 Å². The molecule has 1 rings (SSSR count). The summed E-state index contributed by atoms with van der Waals surface area (Å²) in [7, 11) is 0. The van der Waals surface area contributed by atoms with Gasteiger partial charge in [-0.15, -0.1) is 0 Å². The van der Waals surface area contributed by atoms with E-state index in [1.54, 1.807) is 0 Å². The van der Waals surface area contributed by atoms with E-state index in [9.17, 15) is 4.79 Å². The van der Waals surface area contributed by atoms with Crippen LogP contribution in [0.1, 0.15) is 51.9 Å². The van der Waals surface area contributed by atoms with E-state index in [0.717, 1.165) is 24.5 Å². The Morgan fingerprint density at radius 1 is 1.33 bits per heavy atom. The topological polar surface area (TPSA) is 17.1 Å². The van der Waals surface area contributed by atoms with Crippen molar-refractivity contribution in [1.82, 2.24) is 0 Å². The summed E-state index contributed by atoms with van der Waals surface area (Å²) in [4.78, 5) is 10.3. The van der Waals surface area contributed by atoms with Crippen molar-refractivity contribution < 1.29 is 4.79 Å². The molecule has 0 aromatic carbocycles. The number of hydrogen-bond acceptors (Lipinski definition) is 1. The standard InChI is InChI=1S/C11H20O/c1-2-3-4-10-5-6-11(9-10)7-8-12/h8,10-11H,2-7,9H2,1H3. The number of aldehydes is 1. The van der Waals surface area contributed by atoms with Gasteiger partial charge in [0.2, 0.25) is 0 Å². The molecule has 0 bridgehead atoms. The molecule has 2 unspecified atom stereocenters. The van der Waals surface area contributed by atoms with Crippen LogP contribution >= 0.6 is 0 Å². The van der Waals surface area contributed by atoms with Crippen LogP contribution in [0.3, 0.4) is 0 Å². The molecule has 0 radical (unpaired) electrons. The van der Waals surface area contributed by atoms with Crippen LogP contribution in [0, 0.1) is 11.8 Å². The number of hydrogen-bond donors (Lipinski definition) is 0. The Morgan fingerprint density at radius 2 is 2.08 bits per heavy atom. The van der Waals surface area contributed by atoms with Crippen LogP contribution in [0.2, 0.25) is 0 Å². The lowest BCUT2D eigenvalue weighted by Crippen LogP contribution is -1.97. The molecule has 0 spiro atoms. The molecule has 1 saturated carbocycles. The van der Waals surface area contributed by atoms with E-state index < -0.39 is 0 Å². The first-order chi connectivity index (χ1) is 5.86. The molecule has 0 saturated heterocycles. The second-order valence-corrected chi connectivity index (χ2v) is 4.09. The second kappa shape index (κ2) is 5.34. The molecule has 1 nitrogen and oxygen atoms in total. The SMILES string of the molecule is CCCCC1CCC(CC=O)C1. The van der Waals surface area contributed by atoms with Crippen molar-refractivity contribution >= 4 is 6.29 Å². The first kappa shape index (κ1) is 9.76. The minimum atomic E-state index is 0.726. The van der Waals surface area contributed by atoms with E-state index in [4.69, 9.17) is 0 Å². The van der Waals surface area contributed by atoms with Gasteiger partial charge in [0.1, 0.15) is 6.29 Å². The molecule has 0 amide bonds. The highest BCUT2D eigenvalue weighted by molar-refractivity contribution is 5.49. The molecule has 0 aliphatic heterocycles. The quantitative estimate of drug-likeness (QED) is 0.576. The predicted molar refractivity (Wildman–Crippen MR) is 51.0 cm³/mol. The van der Waals surface area contributed by atoms with Gasteiger partial charge < -0.3 is 4.79 Å². The van der Waals surface area contributed by atoms with Crippen LogP contribution in [0.4, 0.5) is 0 Å². The van der Waals surface area contributed by atoms with Gasteiger partial charge in [-0.1, -0.05) is 32.6 Å². The summed E-state index contributed by atoms with van der Waals surface area (Å²) in [5, 5.41) is 0. The molecular formula is C11H20O. The Kier molecular flexibility index (Phi) is 4.34. The van der Waals surface area contributed by atoms with Crippen molar-refractivity contribution in [2.24, 2.45) is 11.8 Å². The van der Waals surface area contributed by atoms with E-state index >= 15 is 0 Å². The highest BCUT2D eigenvalue weighted by Crippen LogP contribution is 2.35. The summed E-state index contributed by atoms with van der Waals surface area (Å²) in [6.07, 6.45) is 9.97. The number of unbranched alkanes of at least 4 members (excludes halogenated alkanes) is 1. The highest BCUT2D eigenvalue weighted by atomic mass is 16.1. The lowest BCUT2D eigenvalue weighted by atomic mass is 9.98. The van der Waals surface area contributed by atoms with E-state index in [2.05, 4.69) is 6.92 Å². The van der Waals surface area contributed by atoms with Gasteiger partial charge in [0, 0.05) is 6.42 Å². The molecular weight excluding hydrogens is 148 g/mol. The number of carbonyl (C=O) groups excluding carboxylic acids is 1. The molecule has 1 aliphatic rings. The van der Waals surface area contributed by atoms with Crippen molar-refractivity contribution in [2.75, 3.05) is 0 Å². The largest absolute Gasteiger partial charge is 0.303 e. The molecule has 0 N–H and O–H groups in total. The zero-order valence-electron chi connectivity index (χ0n) is 8.09. The summed E-state index contributed by atoms with van der Waals surface area (Å²) in [6.45, 7) is 2.25. The summed E-state index contributed by atoms with van der Waals surface area (Å²) in [5.74, 6) is 1.67. The highest BCUT2D eigenvalue weighted by Gasteiger charge is 2.23. The summed E-state index contributed by atoms with van der Waals surface area (Å²) >= 11 is 0. The van der Waals surface area contributed by atoms with Gasteiger partial charge in [0.05, 0.1) is 0 Å². The second-order valence-electron chi connectivity index (χ2n) is 4.09. The minimum absolute atomic E-state index is 0.726. The first-order valence-electron chi connectivity index (χ1n) is 5.30. The maximum atomic E-state index is 10.3.